The quantitative estimate of drug-likeness (QED) is 0.867. The highest BCUT2D eigenvalue weighted by Crippen LogP contribution is 2.33. The lowest BCUT2D eigenvalue weighted by molar-refractivity contribution is 0.406. The lowest BCUT2D eigenvalue weighted by atomic mass is 9.92. The largest absolute Gasteiger partial charge is 0.496 e. The van der Waals surface area contributed by atoms with Crippen LogP contribution in [-0.4, -0.2) is 23.6 Å². The smallest absolute Gasteiger partial charge is 0.123 e. The van der Waals surface area contributed by atoms with Gasteiger partial charge in [-0.25, -0.2) is 4.98 Å². The number of H-pyrrole nitrogens is 1. The van der Waals surface area contributed by atoms with Crippen LogP contribution in [0.15, 0.2) is 24.5 Å². The predicted molar refractivity (Wildman–Crippen MR) is 72.0 cm³/mol. The Morgan fingerprint density at radius 2 is 2.17 bits per heavy atom. The maximum Gasteiger partial charge on any atom is 0.123 e. The van der Waals surface area contributed by atoms with Gasteiger partial charge in [-0.3, -0.25) is 0 Å². The molecule has 0 aliphatic heterocycles. The van der Waals surface area contributed by atoms with E-state index >= 15 is 0 Å². The highest BCUT2D eigenvalue weighted by Gasteiger charge is 2.21. The molecule has 0 aliphatic rings. The summed E-state index contributed by atoms with van der Waals surface area (Å²) >= 11 is 0. The molecule has 18 heavy (non-hydrogen) atoms. The molecule has 1 atom stereocenters. The van der Waals surface area contributed by atoms with Crippen LogP contribution in [0.5, 0.6) is 5.75 Å². The summed E-state index contributed by atoms with van der Waals surface area (Å²) in [6.45, 7) is 4.63. The Bertz CT molecular complexity index is 520. The summed E-state index contributed by atoms with van der Waals surface area (Å²) in [5.41, 5.74) is 9.39. The van der Waals surface area contributed by atoms with Gasteiger partial charge in [0.15, 0.2) is 0 Å². The number of rotatable bonds is 4. The van der Waals surface area contributed by atoms with Crippen LogP contribution >= 0.6 is 0 Å². The van der Waals surface area contributed by atoms with Crippen LogP contribution in [0.4, 0.5) is 0 Å². The monoisotopic (exact) mass is 245 g/mol. The molecular formula is C14H19N3O. The molecule has 0 spiro atoms. The minimum absolute atomic E-state index is 0.0375. The van der Waals surface area contributed by atoms with E-state index in [1.165, 1.54) is 11.1 Å². The first kappa shape index (κ1) is 12.6. The third-order valence-electron chi connectivity index (χ3n) is 3.15. The van der Waals surface area contributed by atoms with Crippen molar-refractivity contribution in [1.82, 2.24) is 9.97 Å². The Labute approximate surface area is 107 Å². The van der Waals surface area contributed by atoms with E-state index in [0.717, 1.165) is 17.1 Å². The lowest BCUT2D eigenvalue weighted by Crippen LogP contribution is -2.17. The van der Waals surface area contributed by atoms with Crippen molar-refractivity contribution in [3.63, 3.8) is 0 Å². The Kier molecular flexibility index (Phi) is 3.67. The van der Waals surface area contributed by atoms with E-state index in [4.69, 9.17) is 10.5 Å². The number of ether oxygens (including phenoxy) is 1. The standard InChI is InChI=1S/C14H19N3O/c1-9-6-10(2)13(12(7-9)18-3)11(8-15)14-16-4-5-17-14/h4-7,11H,8,15H2,1-3H3,(H,16,17). The number of hydrogen-bond donors (Lipinski definition) is 2. The van der Waals surface area contributed by atoms with Crippen molar-refractivity contribution in [3.05, 3.63) is 47.0 Å². The molecule has 1 unspecified atom stereocenters. The van der Waals surface area contributed by atoms with E-state index in [0.29, 0.717) is 6.54 Å². The number of hydrogen-bond acceptors (Lipinski definition) is 3. The summed E-state index contributed by atoms with van der Waals surface area (Å²) in [4.78, 5) is 7.44. The number of nitrogens with one attached hydrogen (secondary N) is 1. The SMILES string of the molecule is COc1cc(C)cc(C)c1C(CN)c1ncc[nH]1. The lowest BCUT2D eigenvalue weighted by Gasteiger charge is -2.19. The van der Waals surface area contributed by atoms with E-state index in [1.807, 2.05) is 12.3 Å². The number of imidazole rings is 1. The first-order valence-electron chi connectivity index (χ1n) is 6.01. The molecule has 1 heterocycles. The number of methoxy groups -OCH3 is 1. The van der Waals surface area contributed by atoms with Crippen molar-refractivity contribution in [3.8, 4) is 5.75 Å². The molecule has 0 saturated heterocycles. The number of nitrogens with two attached hydrogens (primary N) is 1. The molecule has 96 valence electrons. The summed E-state index contributed by atoms with van der Waals surface area (Å²) in [5, 5.41) is 0. The second kappa shape index (κ2) is 5.23. The van der Waals surface area contributed by atoms with Gasteiger partial charge < -0.3 is 15.5 Å². The molecule has 3 N–H and O–H groups in total. The van der Waals surface area contributed by atoms with Gasteiger partial charge in [0, 0.05) is 24.5 Å². The van der Waals surface area contributed by atoms with Crippen molar-refractivity contribution in [2.75, 3.05) is 13.7 Å². The van der Waals surface area contributed by atoms with E-state index in [1.54, 1.807) is 13.3 Å². The minimum Gasteiger partial charge on any atom is -0.496 e. The molecule has 0 fully saturated rings. The zero-order valence-corrected chi connectivity index (χ0v) is 11.0. The van der Waals surface area contributed by atoms with Crippen molar-refractivity contribution in [1.29, 1.82) is 0 Å². The van der Waals surface area contributed by atoms with E-state index < -0.39 is 0 Å². The molecular weight excluding hydrogens is 226 g/mol. The molecule has 2 aromatic rings. The first-order chi connectivity index (χ1) is 8.67. The second-order valence-corrected chi connectivity index (χ2v) is 4.46. The molecule has 2 rings (SSSR count). The molecule has 4 nitrogen and oxygen atoms in total. The molecule has 0 amide bonds. The highest BCUT2D eigenvalue weighted by atomic mass is 16.5. The molecule has 0 aliphatic carbocycles. The number of aromatic amines is 1. The molecule has 0 radical (unpaired) electrons. The summed E-state index contributed by atoms with van der Waals surface area (Å²) in [6, 6.07) is 4.18. The summed E-state index contributed by atoms with van der Waals surface area (Å²) in [5.74, 6) is 1.79. The van der Waals surface area contributed by atoms with Gasteiger partial charge in [-0.1, -0.05) is 6.07 Å². The Morgan fingerprint density at radius 1 is 1.39 bits per heavy atom. The molecule has 0 saturated carbocycles. The topological polar surface area (TPSA) is 63.9 Å². The number of nitrogens with zero attached hydrogens (tertiary/aromatic N) is 1. The van der Waals surface area contributed by atoms with Gasteiger partial charge in [-0.05, 0) is 31.0 Å². The van der Waals surface area contributed by atoms with Crippen LogP contribution < -0.4 is 10.5 Å². The number of aromatic nitrogens is 2. The average molecular weight is 245 g/mol. The van der Waals surface area contributed by atoms with E-state index in [9.17, 15) is 0 Å². The van der Waals surface area contributed by atoms with Gasteiger partial charge in [-0.2, -0.15) is 0 Å². The van der Waals surface area contributed by atoms with Crippen molar-refractivity contribution >= 4 is 0 Å². The fraction of sp³-hybridized carbons (Fsp3) is 0.357. The van der Waals surface area contributed by atoms with Gasteiger partial charge in [0.05, 0.1) is 13.0 Å². The van der Waals surface area contributed by atoms with Gasteiger partial charge in [0.1, 0.15) is 11.6 Å². The highest BCUT2D eigenvalue weighted by molar-refractivity contribution is 5.47. The zero-order chi connectivity index (χ0) is 13.1. The van der Waals surface area contributed by atoms with Crippen LogP contribution in [0.3, 0.4) is 0 Å². The Hall–Kier alpha value is -1.81. The summed E-state index contributed by atoms with van der Waals surface area (Å²) in [6.07, 6.45) is 3.56. The number of benzene rings is 1. The van der Waals surface area contributed by atoms with Crippen molar-refractivity contribution < 1.29 is 4.74 Å². The van der Waals surface area contributed by atoms with Crippen LogP contribution in [-0.2, 0) is 0 Å². The third kappa shape index (κ3) is 2.24. The molecule has 1 aromatic carbocycles. The van der Waals surface area contributed by atoms with Crippen LogP contribution in [0.2, 0.25) is 0 Å². The first-order valence-corrected chi connectivity index (χ1v) is 6.01. The molecule has 1 aromatic heterocycles. The summed E-state index contributed by atoms with van der Waals surface area (Å²) in [7, 11) is 1.69. The molecule has 4 heteroatoms. The second-order valence-electron chi connectivity index (χ2n) is 4.46. The van der Waals surface area contributed by atoms with E-state index in [2.05, 4.69) is 29.9 Å². The van der Waals surface area contributed by atoms with Gasteiger partial charge in [0.2, 0.25) is 0 Å². The van der Waals surface area contributed by atoms with Crippen LogP contribution in [0.25, 0.3) is 0 Å². The van der Waals surface area contributed by atoms with Gasteiger partial charge >= 0.3 is 0 Å². The fourth-order valence-electron chi connectivity index (χ4n) is 2.39. The van der Waals surface area contributed by atoms with Crippen LogP contribution in [0, 0.1) is 13.8 Å². The fourth-order valence-corrected chi connectivity index (χ4v) is 2.39. The zero-order valence-electron chi connectivity index (χ0n) is 11.0. The Morgan fingerprint density at radius 3 is 2.72 bits per heavy atom. The normalized spacial score (nSPS) is 12.4. The van der Waals surface area contributed by atoms with Gasteiger partial charge in [0.25, 0.3) is 0 Å². The molecule has 0 bridgehead atoms. The van der Waals surface area contributed by atoms with Crippen molar-refractivity contribution in [2.24, 2.45) is 5.73 Å². The maximum atomic E-state index is 5.91. The number of aryl methyl sites for hydroxylation is 2. The van der Waals surface area contributed by atoms with E-state index in [-0.39, 0.29) is 5.92 Å². The third-order valence-corrected chi connectivity index (χ3v) is 3.15. The van der Waals surface area contributed by atoms with Gasteiger partial charge in [-0.15, -0.1) is 0 Å². The van der Waals surface area contributed by atoms with Crippen LogP contribution in [0.1, 0.15) is 28.4 Å². The maximum absolute atomic E-state index is 5.91. The predicted octanol–water partition coefficient (Wildman–Crippen LogP) is 2.13. The Balaban J connectivity index is 2.55. The van der Waals surface area contributed by atoms with Crippen molar-refractivity contribution in [2.45, 2.75) is 19.8 Å². The summed E-state index contributed by atoms with van der Waals surface area (Å²) < 4.78 is 5.49. The minimum atomic E-state index is 0.0375. The average Bonchev–Trinajstić information content (AvgIpc) is 2.85.